The topological polar surface area (TPSA) is 197 Å². The number of benzene rings is 1. The van der Waals surface area contributed by atoms with E-state index in [0.29, 0.717) is 56.0 Å². The van der Waals surface area contributed by atoms with Crippen LogP contribution in [0.5, 0.6) is 0 Å². The molecule has 5 N–H and O–H groups in total. The summed E-state index contributed by atoms with van der Waals surface area (Å²) in [5.74, 6) is -1.13. The molecule has 3 amide bonds. The molecule has 0 aromatic heterocycles. The highest BCUT2D eigenvalue weighted by atomic mass is 32.2. The number of rotatable bonds is 27. The predicted octanol–water partition coefficient (Wildman–Crippen LogP) is 5.30. The fraction of sp³-hybridized carbons (Fsp3) is 0.622. The Morgan fingerprint density at radius 1 is 0.725 bits per heavy atom. The molecule has 1 aromatic rings. The molecule has 14 heteroatoms. The molecule has 0 saturated carbocycles. The van der Waals surface area contributed by atoms with Crippen LogP contribution in [0.1, 0.15) is 119 Å². The number of carbonyl (C=O) groups is 3. The molecule has 284 valence electrons. The van der Waals surface area contributed by atoms with E-state index in [1.807, 2.05) is 0 Å². The van der Waals surface area contributed by atoms with Gasteiger partial charge in [-0.2, -0.15) is 0 Å². The Morgan fingerprint density at radius 3 is 1.71 bits per heavy atom. The molecule has 13 nitrogen and oxygen atoms in total. The van der Waals surface area contributed by atoms with Gasteiger partial charge in [0.2, 0.25) is 21.6 Å². The van der Waals surface area contributed by atoms with Crippen LogP contribution in [0, 0.1) is 10.8 Å². The lowest BCUT2D eigenvalue weighted by atomic mass is 10.0. The van der Waals surface area contributed by atoms with Crippen LogP contribution in [-0.2, 0) is 33.6 Å². The van der Waals surface area contributed by atoms with Gasteiger partial charge < -0.3 is 30.2 Å². The standard InChI is InChI=1S/C37H57N5O8S/c1-3-4-5-6-7-8-9-10-11-12-13-14-15-16-33(43)42-32-27-31(28-32)36(45)41-22-24-49-26-25-48-23-21-40-35(44)30-19-17-29(18-20-30)34(38)50-37(39)51(2,46)47/h17-20,38-39H,3-16,21-27H2,1-2H3,(H,40,44)(H,41,45)(H,42,43). The van der Waals surface area contributed by atoms with Gasteiger partial charge in [0.25, 0.3) is 11.8 Å². The lowest BCUT2D eigenvalue weighted by Crippen LogP contribution is -2.33. The molecular formula is C37H57N5O8S. The highest BCUT2D eigenvalue weighted by molar-refractivity contribution is 8.05. The van der Waals surface area contributed by atoms with Crippen LogP contribution in [0.3, 0.4) is 0 Å². The Bertz CT molecular complexity index is 1450. The van der Waals surface area contributed by atoms with Crippen LogP contribution in [0.2, 0.25) is 0 Å². The Morgan fingerprint density at radius 2 is 1.20 bits per heavy atom. The summed E-state index contributed by atoms with van der Waals surface area (Å²) in [6.45, 7) is 4.01. The fourth-order valence-electron chi connectivity index (χ4n) is 5.09. The normalized spacial score (nSPS) is 12.3. The minimum Gasteiger partial charge on any atom is -0.412 e. The maximum Gasteiger partial charge on any atom is 0.308 e. The van der Waals surface area contributed by atoms with Gasteiger partial charge in [-0.3, -0.25) is 25.2 Å². The second-order valence-corrected chi connectivity index (χ2v) is 14.5. The molecule has 0 spiro atoms. The molecule has 1 aliphatic carbocycles. The third-order valence-electron chi connectivity index (χ3n) is 8.10. The summed E-state index contributed by atoms with van der Waals surface area (Å²) in [6.07, 6.45) is 18.2. The minimum atomic E-state index is -3.86. The number of ether oxygens (including phenoxy) is 3. The molecule has 0 bridgehead atoms. The third kappa shape index (κ3) is 19.4. The first-order valence-electron chi connectivity index (χ1n) is 18.2. The molecule has 2 rings (SSSR count). The van der Waals surface area contributed by atoms with Gasteiger partial charge in [-0.15, -0.1) is 0 Å². The van der Waals surface area contributed by atoms with E-state index in [4.69, 9.17) is 25.0 Å². The van der Waals surface area contributed by atoms with Crippen molar-refractivity contribution in [1.29, 1.82) is 10.8 Å². The largest absolute Gasteiger partial charge is 0.412 e. The maximum atomic E-state index is 12.3. The molecule has 1 aliphatic rings. The highest BCUT2D eigenvalue weighted by Crippen LogP contribution is 2.18. The highest BCUT2D eigenvalue weighted by Gasteiger charge is 2.20. The van der Waals surface area contributed by atoms with E-state index in [2.05, 4.69) is 28.6 Å². The number of carbonyl (C=O) groups excluding carboxylic acids is 3. The molecule has 51 heavy (non-hydrogen) atoms. The predicted molar refractivity (Wildman–Crippen MR) is 198 cm³/mol. The number of nitrogens with one attached hydrogen (secondary N) is 5. The summed E-state index contributed by atoms with van der Waals surface area (Å²) >= 11 is 0. The lowest BCUT2D eigenvalue weighted by Gasteiger charge is -2.16. The van der Waals surface area contributed by atoms with E-state index in [-0.39, 0.29) is 36.4 Å². The molecule has 0 heterocycles. The Labute approximate surface area is 303 Å². The lowest BCUT2D eigenvalue weighted by molar-refractivity contribution is -0.121. The molecule has 0 radical (unpaired) electrons. The third-order valence-corrected chi connectivity index (χ3v) is 8.86. The first kappa shape index (κ1) is 43.3. The van der Waals surface area contributed by atoms with Crippen molar-refractivity contribution in [3.05, 3.63) is 52.4 Å². The van der Waals surface area contributed by atoms with Crippen molar-refractivity contribution in [3.63, 3.8) is 0 Å². The van der Waals surface area contributed by atoms with Crippen LogP contribution in [0.25, 0.3) is 0 Å². The van der Waals surface area contributed by atoms with Gasteiger partial charge in [-0.25, -0.2) is 8.42 Å². The van der Waals surface area contributed by atoms with Gasteiger partial charge in [0.15, 0.2) is 0 Å². The maximum absolute atomic E-state index is 12.3. The number of sulfone groups is 1. The SMILES string of the molecule is CCCCCCCCCCCCCCCC(=O)NC1=C=C(C(=O)NCCOCCOCCNC(=O)c2ccc(C(=N)OC(=N)S(C)(=O)=O)cc2)C1. The summed E-state index contributed by atoms with van der Waals surface area (Å²) in [4.78, 5) is 36.7. The van der Waals surface area contributed by atoms with Gasteiger partial charge in [-0.05, 0) is 30.7 Å². The van der Waals surface area contributed by atoms with Gasteiger partial charge in [0, 0.05) is 43.3 Å². The first-order chi connectivity index (χ1) is 24.5. The van der Waals surface area contributed by atoms with Gasteiger partial charge in [0.1, 0.15) is 0 Å². The summed E-state index contributed by atoms with van der Waals surface area (Å²) in [5, 5.41) is 22.4. The summed E-state index contributed by atoms with van der Waals surface area (Å²) in [7, 11) is -3.86. The Kier molecular flexibility index (Phi) is 21.4. The average molecular weight is 732 g/mol. The van der Waals surface area contributed by atoms with E-state index < -0.39 is 21.0 Å². The van der Waals surface area contributed by atoms with Crippen LogP contribution in [0.4, 0.5) is 0 Å². The zero-order valence-electron chi connectivity index (χ0n) is 30.3. The Hall–Kier alpha value is -3.84. The zero-order chi connectivity index (χ0) is 37.3. The fourth-order valence-corrected chi connectivity index (χ4v) is 5.33. The summed E-state index contributed by atoms with van der Waals surface area (Å²) in [6, 6.07) is 5.75. The Balaban J connectivity index is 1.43. The van der Waals surface area contributed by atoms with E-state index >= 15 is 0 Å². The first-order valence-corrected chi connectivity index (χ1v) is 20.1. The van der Waals surface area contributed by atoms with Gasteiger partial charge >= 0.3 is 5.23 Å². The number of hydrogen-bond donors (Lipinski definition) is 5. The summed E-state index contributed by atoms with van der Waals surface area (Å²) < 4.78 is 38.2. The van der Waals surface area contributed by atoms with Crippen molar-refractivity contribution < 1.29 is 37.0 Å². The van der Waals surface area contributed by atoms with Crippen molar-refractivity contribution in [3.8, 4) is 0 Å². The second-order valence-electron chi connectivity index (χ2n) is 12.6. The van der Waals surface area contributed by atoms with Crippen LogP contribution in [0.15, 0.2) is 41.3 Å². The summed E-state index contributed by atoms with van der Waals surface area (Å²) in [5.41, 5.74) is 4.63. The molecule has 0 unspecified atom stereocenters. The van der Waals surface area contributed by atoms with Crippen molar-refractivity contribution >= 4 is 38.7 Å². The van der Waals surface area contributed by atoms with Crippen molar-refractivity contribution in [2.24, 2.45) is 0 Å². The van der Waals surface area contributed by atoms with E-state index in [1.165, 1.54) is 94.9 Å². The van der Waals surface area contributed by atoms with Crippen molar-refractivity contribution in [2.75, 3.05) is 45.8 Å². The van der Waals surface area contributed by atoms with E-state index in [1.54, 1.807) is 0 Å². The molecule has 0 atom stereocenters. The molecule has 1 aromatic carbocycles. The zero-order valence-corrected chi connectivity index (χ0v) is 31.1. The van der Waals surface area contributed by atoms with E-state index in [9.17, 15) is 22.8 Å². The van der Waals surface area contributed by atoms with Crippen LogP contribution >= 0.6 is 0 Å². The number of amides is 3. The van der Waals surface area contributed by atoms with Gasteiger partial charge in [-0.1, -0.05) is 89.7 Å². The van der Waals surface area contributed by atoms with E-state index in [0.717, 1.165) is 19.1 Å². The monoisotopic (exact) mass is 731 g/mol. The van der Waals surface area contributed by atoms with Crippen molar-refractivity contribution in [1.82, 2.24) is 16.0 Å². The van der Waals surface area contributed by atoms with Crippen LogP contribution < -0.4 is 16.0 Å². The van der Waals surface area contributed by atoms with Crippen LogP contribution in [-0.4, -0.2) is 83.0 Å². The molecule has 0 fully saturated rings. The molecule has 0 aliphatic heterocycles. The van der Waals surface area contributed by atoms with Crippen molar-refractivity contribution in [2.45, 2.75) is 103 Å². The molecular weight excluding hydrogens is 675 g/mol. The van der Waals surface area contributed by atoms with Gasteiger partial charge in [0.05, 0.1) is 37.7 Å². The minimum absolute atomic E-state index is 0.0209. The smallest absolute Gasteiger partial charge is 0.308 e. The number of unbranched alkanes of at least 4 members (excludes halogenated alkanes) is 12. The molecule has 0 saturated heterocycles. The average Bonchev–Trinajstić information content (AvgIpc) is 3.08. The second kappa shape index (κ2) is 25.2. The quantitative estimate of drug-likeness (QED) is 0.0348. The number of hydrogen-bond acceptors (Lipinski definition) is 10.